The molecular weight excluding hydrogens is 140 g/mol. The molecule has 0 saturated heterocycles. The van der Waals surface area contributed by atoms with Gasteiger partial charge in [-0.05, 0) is 18.8 Å². The van der Waals surface area contributed by atoms with E-state index in [1.165, 1.54) is 16.7 Å². The highest BCUT2D eigenvalue weighted by Gasteiger charge is 1.88. The van der Waals surface area contributed by atoms with Crippen molar-refractivity contribution in [1.82, 2.24) is 0 Å². The zero-order valence-corrected chi connectivity index (χ0v) is 6.64. The van der Waals surface area contributed by atoms with Crippen LogP contribution in [0, 0.1) is 0 Å². The summed E-state index contributed by atoms with van der Waals surface area (Å²) in [5.74, 6) is 0. The van der Waals surface area contributed by atoms with E-state index in [0.29, 0.717) is 4.36 Å². The molecule has 0 rings (SSSR count). The minimum absolute atomic E-state index is 0.626. The molecule has 0 atom stereocenters. The molecule has 8 heavy (non-hydrogen) atoms. The monoisotopic (exact) mass is 148 g/mol. The maximum atomic E-state index is 5.48. The highest BCUT2D eigenvalue weighted by Crippen LogP contribution is 2.25. The first-order valence-corrected chi connectivity index (χ1v) is 3.51. The summed E-state index contributed by atoms with van der Waals surface area (Å²) >= 11 is 6.97. The van der Waals surface area contributed by atoms with E-state index in [1.54, 1.807) is 0 Å². The summed E-state index contributed by atoms with van der Waals surface area (Å²) in [6, 6.07) is 0. The third-order valence-electron chi connectivity index (χ3n) is 0.678. The van der Waals surface area contributed by atoms with E-state index in [1.807, 2.05) is 19.9 Å². The molecule has 0 bridgehead atoms. The maximum Gasteiger partial charge on any atom is 0.0707 e. The van der Waals surface area contributed by atoms with E-state index in [0.717, 1.165) is 0 Å². The molecule has 0 saturated carbocycles. The van der Waals surface area contributed by atoms with Crippen LogP contribution in [0.4, 0.5) is 0 Å². The van der Waals surface area contributed by atoms with Crippen LogP contribution in [0.25, 0.3) is 0 Å². The molecule has 0 unspecified atom stereocenters. The SMILES string of the molecule is C=C(Cl)S/C(C)=C\C. The van der Waals surface area contributed by atoms with Crippen molar-refractivity contribution < 1.29 is 0 Å². The van der Waals surface area contributed by atoms with Crippen LogP contribution in [0.5, 0.6) is 0 Å². The van der Waals surface area contributed by atoms with Gasteiger partial charge in [0, 0.05) is 0 Å². The van der Waals surface area contributed by atoms with Crippen molar-refractivity contribution in [3.63, 3.8) is 0 Å². The van der Waals surface area contributed by atoms with Gasteiger partial charge in [0.2, 0.25) is 0 Å². The van der Waals surface area contributed by atoms with Gasteiger partial charge in [0.15, 0.2) is 0 Å². The van der Waals surface area contributed by atoms with Crippen molar-refractivity contribution in [1.29, 1.82) is 0 Å². The van der Waals surface area contributed by atoms with Crippen molar-refractivity contribution in [2.75, 3.05) is 0 Å². The molecule has 0 nitrogen and oxygen atoms in total. The molecule has 2 heteroatoms. The summed E-state index contributed by atoms with van der Waals surface area (Å²) in [7, 11) is 0. The van der Waals surface area contributed by atoms with Gasteiger partial charge in [-0.3, -0.25) is 0 Å². The van der Waals surface area contributed by atoms with Gasteiger partial charge in [-0.2, -0.15) is 0 Å². The standard InChI is InChI=1S/C6H9ClS/c1-4-5(2)8-6(3)7/h4H,3H2,1-2H3/b5-4-. The summed E-state index contributed by atoms with van der Waals surface area (Å²) in [6.45, 7) is 7.50. The highest BCUT2D eigenvalue weighted by atomic mass is 35.5. The molecular formula is C6H9ClS. The molecule has 0 aromatic rings. The van der Waals surface area contributed by atoms with Crippen molar-refractivity contribution in [3.8, 4) is 0 Å². The summed E-state index contributed by atoms with van der Waals surface area (Å²) in [5, 5.41) is 0. The number of hydrogen-bond donors (Lipinski definition) is 0. The van der Waals surface area contributed by atoms with E-state index < -0.39 is 0 Å². The summed E-state index contributed by atoms with van der Waals surface area (Å²) in [4.78, 5) is 1.19. The second kappa shape index (κ2) is 4.04. The average Bonchev–Trinajstić information content (AvgIpc) is 1.65. The predicted molar refractivity (Wildman–Crippen MR) is 42.0 cm³/mol. The Morgan fingerprint density at radius 2 is 2.25 bits per heavy atom. The Balaban J connectivity index is 3.56. The first-order valence-electron chi connectivity index (χ1n) is 2.32. The van der Waals surface area contributed by atoms with Crippen molar-refractivity contribution in [2.24, 2.45) is 0 Å². The number of thioether (sulfide) groups is 1. The number of hydrogen-bond acceptors (Lipinski definition) is 1. The van der Waals surface area contributed by atoms with Gasteiger partial charge in [-0.25, -0.2) is 0 Å². The molecule has 0 radical (unpaired) electrons. The normalized spacial score (nSPS) is 11.6. The van der Waals surface area contributed by atoms with Crippen LogP contribution < -0.4 is 0 Å². The maximum absolute atomic E-state index is 5.48. The van der Waals surface area contributed by atoms with Crippen LogP contribution in [-0.2, 0) is 0 Å². The lowest BCUT2D eigenvalue weighted by Crippen LogP contribution is -1.61. The smallest absolute Gasteiger partial charge is 0.0707 e. The van der Waals surface area contributed by atoms with Crippen molar-refractivity contribution >= 4 is 23.4 Å². The second-order valence-electron chi connectivity index (χ2n) is 1.36. The average molecular weight is 149 g/mol. The summed E-state index contributed by atoms with van der Waals surface area (Å²) in [6.07, 6.45) is 2.00. The Hall–Kier alpha value is 0.120. The fourth-order valence-corrected chi connectivity index (χ4v) is 1.07. The van der Waals surface area contributed by atoms with E-state index >= 15 is 0 Å². The third-order valence-corrected chi connectivity index (χ3v) is 1.69. The van der Waals surface area contributed by atoms with Crippen molar-refractivity contribution in [2.45, 2.75) is 13.8 Å². The fourth-order valence-electron chi connectivity index (χ4n) is 0.234. The number of allylic oxidation sites excluding steroid dienone is 2. The Bertz CT molecular complexity index is 116. The molecule has 0 fully saturated rings. The van der Waals surface area contributed by atoms with Crippen molar-refractivity contribution in [3.05, 3.63) is 21.9 Å². The van der Waals surface area contributed by atoms with Gasteiger partial charge < -0.3 is 0 Å². The molecule has 0 aliphatic rings. The molecule has 0 N–H and O–H groups in total. The van der Waals surface area contributed by atoms with Gasteiger partial charge in [-0.1, -0.05) is 36.0 Å². The van der Waals surface area contributed by atoms with Crippen LogP contribution in [0.3, 0.4) is 0 Å². The molecule has 0 amide bonds. The Kier molecular flexibility index (Phi) is 4.11. The van der Waals surface area contributed by atoms with Crippen LogP contribution in [0.15, 0.2) is 21.9 Å². The van der Waals surface area contributed by atoms with Gasteiger partial charge in [0.25, 0.3) is 0 Å². The van der Waals surface area contributed by atoms with E-state index in [-0.39, 0.29) is 0 Å². The lowest BCUT2D eigenvalue weighted by atomic mass is 10.6. The van der Waals surface area contributed by atoms with Gasteiger partial charge >= 0.3 is 0 Å². The van der Waals surface area contributed by atoms with Gasteiger partial charge in [-0.15, -0.1) is 0 Å². The van der Waals surface area contributed by atoms with Crippen LogP contribution in [-0.4, -0.2) is 0 Å². The predicted octanol–water partition coefficient (Wildman–Crippen LogP) is 3.35. The zero-order valence-electron chi connectivity index (χ0n) is 5.07. The molecule has 0 aliphatic heterocycles. The lowest BCUT2D eigenvalue weighted by molar-refractivity contribution is 1.60. The minimum Gasteiger partial charge on any atom is -0.0834 e. The molecule has 0 heterocycles. The first kappa shape index (κ1) is 8.12. The number of halogens is 1. The Labute approximate surface area is 59.6 Å². The second-order valence-corrected chi connectivity index (χ2v) is 3.38. The lowest BCUT2D eigenvalue weighted by Gasteiger charge is -1.92. The number of rotatable bonds is 2. The summed E-state index contributed by atoms with van der Waals surface area (Å²) in [5.41, 5.74) is 0. The highest BCUT2D eigenvalue weighted by molar-refractivity contribution is 8.08. The van der Waals surface area contributed by atoms with E-state index in [9.17, 15) is 0 Å². The quantitative estimate of drug-likeness (QED) is 0.579. The summed E-state index contributed by atoms with van der Waals surface area (Å²) < 4.78 is 0.626. The Morgan fingerprint density at radius 3 is 2.38 bits per heavy atom. The van der Waals surface area contributed by atoms with Gasteiger partial charge in [0.05, 0.1) is 4.36 Å². The van der Waals surface area contributed by atoms with Crippen LogP contribution in [0.1, 0.15) is 13.8 Å². The fraction of sp³-hybridized carbons (Fsp3) is 0.333. The zero-order chi connectivity index (χ0) is 6.57. The molecule has 0 spiro atoms. The van der Waals surface area contributed by atoms with Gasteiger partial charge in [0.1, 0.15) is 0 Å². The third kappa shape index (κ3) is 4.28. The molecule has 0 aliphatic carbocycles. The molecule has 0 aromatic heterocycles. The topological polar surface area (TPSA) is 0 Å². The first-order chi connectivity index (χ1) is 3.66. The minimum atomic E-state index is 0.626. The Morgan fingerprint density at radius 1 is 1.75 bits per heavy atom. The van der Waals surface area contributed by atoms with E-state index in [2.05, 4.69) is 6.58 Å². The van der Waals surface area contributed by atoms with Crippen LogP contribution in [0.2, 0.25) is 0 Å². The van der Waals surface area contributed by atoms with E-state index in [4.69, 9.17) is 11.6 Å². The molecule has 46 valence electrons. The largest absolute Gasteiger partial charge is 0.0834 e. The molecule has 0 aromatic carbocycles. The van der Waals surface area contributed by atoms with Crippen LogP contribution >= 0.6 is 23.4 Å².